The molecule has 2 N–H and O–H groups in total. The van der Waals surface area contributed by atoms with Crippen LogP contribution in [-0.4, -0.2) is 24.7 Å². The molecule has 1 aliphatic rings. The molecule has 1 aliphatic heterocycles. The summed E-state index contributed by atoms with van der Waals surface area (Å²) < 4.78 is 19.4. The third-order valence-electron chi connectivity index (χ3n) is 3.81. The van der Waals surface area contributed by atoms with Crippen LogP contribution in [0.5, 0.6) is 0 Å². The molecular formula is C13H17FN2O3. The lowest BCUT2D eigenvalue weighted by Gasteiger charge is -2.36. The Hall–Kier alpha value is -1.53. The highest BCUT2D eigenvalue weighted by molar-refractivity contribution is 5.37. The van der Waals surface area contributed by atoms with E-state index in [1.54, 1.807) is 6.07 Å². The SMILES string of the molecule is NCC1(Cc2cccc([N+](=O)[O-])c2F)CCOCC1. The van der Waals surface area contributed by atoms with Gasteiger partial charge in [-0.05, 0) is 36.8 Å². The first-order valence-corrected chi connectivity index (χ1v) is 6.28. The lowest BCUT2D eigenvalue weighted by atomic mass is 9.75. The predicted octanol–water partition coefficient (Wildman–Crippen LogP) is 2.03. The van der Waals surface area contributed by atoms with Crippen LogP contribution in [0.15, 0.2) is 18.2 Å². The lowest BCUT2D eigenvalue weighted by molar-refractivity contribution is -0.387. The maximum absolute atomic E-state index is 14.1. The van der Waals surface area contributed by atoms with Crippen molar-refractivity contribution in [2.45, 2.75) is 19.3 Å². The second kappa shape index (κ2) is 5.63. The molecule has 6 heteroatoms. The summed E-state index contributed by atoms with van der Waals surface area (Å²) in [5, 5.41) is 10.7. The van der Waals surface area contributed by atoms with Crippen molar-refractivity contribution in [3.63, 3.8) is 0 Å². The highest BCUT2D eigenvalue weighted by atomic mass is 19.1. The summed E-state index contributed by atoms with van der Waals surface area (Å²) in [5.41, 5.74) is 5.50. The van der Waals surface area contributed by atoms with Gasteiger partial charge in [0.05, 0.1) is 4.92 Å². The summed E-state index contributed by atoms with van der Waals surface area (Å²) in [7, 11) is 0. The van der Waals surface area contributed by atoms with Crippen molar-refractivity contribution in [3.05, 3.63) is 39.7 Å². The molecule has 19 heavy (non-hydrogen) atoms. The summed E-state index contributed by atoms with van der Waals surface area (Å²) in [6.45, 7) is 1.64. The Labute approximate surface area is 110 Å². The number of nitrogens with two attached hydrogens (primary N) is 1. The molecule has 1 aromatic carbocycles. The van der Waals surface area contributed by atoms with E-state index in [1.165, 1.54) is 12.1 Å². The highest BCUT2D eigenvalue weighted by Crippen LogP contribution is 2.35. The van der Waals surface area contributed by atoms with E-state index in [-0.39, 0.29) is 5.41 Å². The monoisotopic (exact) mass is 268 g/mol. The molecule has 0 aliphatic carbocycles. The Bertz CT molecular complexity index is 473. The van der Waals surface area contributed by atoms with Crippen molar-refractivity contribution in [2.24, 2.45) is 11.1 Å². The number of hydrogen-bond acceptors (Lipinski definition) is 4. The van der Waals surface area contributed by atoms with Gasteiger partial charge in [0.15, 0.2) is 0 Å². The second-order valence-electron chi connectivity index (χ2n) is 5.00. The van der Waals surface area contributed by atoms with Gasteiger partial charge >= 0.3 is 5.69 Å². The van der Waals surface area contributed by atoms with E-state index in [2.05, 4.69) is 0 Å². The van der Waals surface area contributed by atoms with Crippen LogP contribution in [0, 0.1) is 21.3 Å². The maximum Gasteiger partial charge on any atom is 0.305 e. The van der Waals surface area contributed by atoms with Gasteiger partial charge in [0.2, 0.25) is 5.82 Å². The summed E-state index contributed by atoms with van der Waals surface area (Å²) in [5.74, 6) is -0.744. The van der Waals surface area contributed by atoms with E-state index in [1.807, 2.05) is 0 Å². The zero-order chi connectivity index (χ0) is 13.9. The molecule has 5 nitrogen and oxygen atoms in total. The number of nitrogens with zero attached hydrogens (tertiary/aromatic N) is 1. The number of nitro benzene ring substituents is 1. The molecule has 0 saturated carbocycles. The largest absolute Gasteiger partial charge is 0.381 e. The van der Waals surface area contributed by atoms with Crippen LogP contribution in [0.4, 0.5) is 10.1 Å². The minimum Gasteiger partial charge on any atom is -0.381 e. The predicted molar refractivity (Wildman–Crippen MR) is 68.3 cm³/mol. The van der Waals surface area contributed by atoms with E-state index in [4.69, 9.17) is 10.5 Å². The fourth-order valence-electron chi connectivity index (χ4n) is 2.51. The lowest BCUT2D eigenvalue weighted by Crippen LogP contribution is -2.38. The molecule has 0 radical (unpaired) electrons. The fourth-order valence-corrected chi connectivity index (χ4v) is 2.51. The summed E-state index contributed by atoms with van der Waals surface area (Å²) in [6, 6.07) is 4.28. The van der Waals surface area contributed by atoms with Crippen molar-refractivity contribution in [2.75, 3.05) is 19.8 Å². The number of hydrogen-bond donors (Lipinski definition) is 1. The maximum atomic E-state index is 14.1. The Morgan fingerprint density at radius 2 is 2.11 bits per heavy atom. The van der Waals surface area contributed by atoms with Gasteiger partial charge in [0.25, 0.3) is 0 Å². The molecule has 0 unspecified atom stereocenters. The molecular weight excluding hydrogens is 251 g/mol. The average Bonchev–Trinajstić information content (AvgIpc) is 2.42. The highest BCUT2D eigenvalue weighted by Gasteiger charge is 2.33. The van der Waals surface area contributed by atoms with Crippen LogP contribution in [0.1, 0.15) is 18.4 Å². The van der Waals surface area contributed by atoms with Gasteiger partial charge < -0.3 is 10.5 Å². The summed E-state index contributed by atoms with van der Waals surface area (Å²) in [4.78, 5) is 10.0. The summed E-state index contributed by atoms with van der Waals surface area (Å²) >= 11 is 0. The Balaban J connectivity index is 2.27. The molecule has 1 aromatic rings. The second-order valence-corrected chi connectivity index (χ2v) is 5.00. The van der Waals surface area contributed by atoms with Crippen LogP contribution < -0.4 is 5.73 Å². The van der Waals surface area contributed by atoms with Crippen molar-refractivity contribution in [1.82, 2.24) is 0 Å². The molecule has 1 fully saturated rings. The Morgan fingerprint density at radius 1 is 1.42 bits per heavy atom. The molecule has 1 saturated heterocycles. The van der Waals surface area contributed by atoms with E-state index in [9.17, 15) is 14.5 Å². The number of halogens is 1. The topological polar surface area (TPSA) is 78.4 Å². The van der Waals surface area contributed by atoms with E-state index in [0.717, 1.165) is 12.8 Å². The molecule has 0 atom stereocenters. The number of ether oxygens (including phenoxy) is 1. The van der Waals surface area contributed by atoms with Crippen LogP contribution in [0.25, 0.3) is 0 Å². The first kappa shape index (κ1) is 13.9. The zero-order valence-corrected chi connectivity index (χ0v) is 10.6. The van der Waals surface area contributed by atoms with Gasteiger partial charge in [-0.25, -0.2) is 0 Å². The molecule has 0 amide bonds. The van der Waals surface area contributed by atoms with Crippen molar-refractivity contribution < 1.29 is 14.1 Å². The van der Waals surface area contributed by atoms with Gasteiger partial charge in [-0.2, -0.15) is 4.39 Å². The molecule has 104 valence electrons. The Kier molecular flexibility index (Phi) is 4.11. The third-order valence-corrected chi connectivity index (χ3v) is 3.81. The molecule has 0 bridgehead atoms. The van der Waals surface area contributed by atoms with E-state index in [0.29, 0.717) is 31.7 Å². The quantitative estimate of drug-likeness (QED) is 0.669. The Morgan fingerprint density at radius 3 is 2.68 bits per heavy atom. The minimum absolute atomic E-state index is 0.214. The zero-order valence-electron chi connectivity index (χ0n) is 10.6. The van der Waals surface area contributed by atoms with Gasteiger partial charge in [-0.15, -0.1) is 0 Å². The smallest absolute Gasteiger partial charge is 0.305 e. The van der Waals surface area contributed by atoms with Crippen LogP contribution in [0.2, 0.25) is 0 Å². The third kappa shape index (κ3) is 2.90. The van der Waals surface area contributed by atoms with E-state index < -0.39 is 16.4 Å². The number of nitro groups is 1. The van der Waals surface area contributed by atoms with Crippen molar-refractivity contribution in [1.29, 1.82) is 0 Å². The molecule has 1 heterocycles. The molecule has 2 rings (SSSR count). The van der Waals surface area contributed by atoms with Crippen LogP contribution in [-0.2, 0) is 11.2 Å². The van der Waals surface area contributed by atoms with Gasteiger partial charge in [-0.1, -0.05) is 12.1 Å². The fraction of sp³-hybridized carbons (Fsp3) is 0.538. The number of benzene rings is 1. The van der Waals surface area contributed by atoms with Gasteiger partial charge in [-0.3, -0.25) is 10.1 Å². The standard InChI is InChI=1S/C13H17FN2O3/c14-12-10(2-1-3-11(12)16(17)18)8-13(9-15)4-6-19-7-5-13/h1-3H,4-9,15H2. The van der Waals surface area contributed by atoms with E-state index >= 15 is 0 Å². The average molecular weight is 268 g/mol. The minimum atomic E-state index is -0.744. The first-order valence-electron chi connectivity index (χ1n) is 6.28. The van der Waals surface area contributed by atoms with Crippen LogP contribution >= 0.6 is 0 Å². The van der Waals surface area contributed by atoms with Crippen molar-refractivity contribution in [3.8, 4) is 0 Å². The van der Waals surface area contributed by atoms with Crippen molar-refractivity contribution >= 4 is 5.69 Å². The van der Waals surface area contributed by atoms with Gasteiger partial charge in [0, 0.05) is 19.3 Å². The molecule has 0 aromatic heterocycles. The van der Waals surface area contributed by atoms with Crippen LogP contribution in [0.3, 0.4) is 0 Å². The normalized spacial score (nSPS) is 18.2. The number of rotatable bonds is 4. The first-order chi connectivity index (χ1) is 9.08. The summed E-state index contributed by atoms with van der Waals surface area (Å²) in [6.07, 6.45) is 1.93. The van der Waals surface area contributed by atoms with Gasteiger partial charge in [0.1, 0.15) is 0 Å². The molecule has 0 spiro atoms.